The van der Waals surface area contributed by atoms with Crippen molar-refractivity contribution in [2.75, 3.05) is 24.5 Å². The first-order valence-electron chi connectivity index (χ1n) is 5.66. The molecule has 4 nitrogen and oxygen atoms in total. The van der Waals surface area contributed by atoms with Crippen LogP contribution in [0.2, 0.25) is 0 Å². The standard InChI is InChI=1S/C11H18N4/c1-2-12-10-5-4-8-15(9-10)11-6-3-7-13-14-11/h3,6-7,10,12H,2,4-5,8-9H2,1H3. The molecular formula is C11H18N4. The summed E-state index contributed by atoms with van der Waals surface area (Å²) < 4.78 is 0. The molecule has 4 heteroatoms. The molecule has 1 saturated heterocycles. The first kappa shape index (κ1) is 10.4. The molecule has 0 aromatic carbocycles. The maximum atomic E-state index is 4.15. The summed E-state index contributed by atoms with van der Waals surface area (Å²) in [5.74, 6) is 1.00. The summed E-state index contributed by atoms with van der Waals surface area (Å²) in [4.78, 5) is 2.31. The van der Waals surface area contributed by atoms with Crippen LogP contribution in [0.5, 0.6) is 0 Å². The largest absolute Gasteiger partial charge is 0.354 e. The van der Waals surface area contributed by atoms with Crippen molar-refractivity contribution in [2.45, 2.75) is 25.8 Å². The second-order valence-electron chi connectivity index (χ2n) is 3.92. The predicted molar refractivity (Wildman–Crippen MR) is 60.9 cm³/mol. The molecular weight excluding hydrogens is 188 g/mol. The lowest BCUT2D eigenvalue weighted by Crippen LogP contribution is -2.46. The van der Waals surface area contributed by atoms with E-state index < -0.39 is 0 Å². The van der Waals surface area contributed by atoms with Crippen LogP contribution in [0, 0.1) is 0 Å². The highest BCUT2D eigenvalue weighted by atomic mass is 15.3. The normalized spacial score (nSPS) is 21.7. The van der Waals surface area contributed by atoms with Crippen molar-refractivity contribution in [3.8, 4) is 0 Å². The van der Waals surface area contributed by atoms with Gasteiger partial charge < -0.3 is 10.2 Å². The molecule has 0 aliphatic carbocycles. The molecule has 1 aliphatic heterocycles. The number of nitrogens with zero attached hydrogens (tertiary/aromatic N) is 3. The lowest BCUT2D eigenvalue weighted by atomic mass is 10.1. The maximum Gasteiger partial charge on any atom is 0.151 e. The first-order valence-corrected chi connectivity index (χ1v) is 5.66. The van der Waals surface area contributed by atoms with Crippen LogP contribution in [0.3, 0.4) is 0 Å². The van der Waals surface area contributed by atoms with Gasteiger partial charge in [0.2, 0.25) is 0 Å². The fourth-order valence-corrected chi connectivity index (χ4v) is 2.10. The van der Waals surface area contributed by atoms with E-state index in [0.29, 0.717) is 6.04 Å². The number of likely N-dealkylation sites (N-methyl/N-ethyl adjacent to an activating group) is 1. The van der Waals surface area contributed by atoms with Gasteiger partial charge in [0.1, 0.15) is 0 Å². The molecule has 1 unspecified atom stereocenters. The molecule has 1 fully saturated rings. The van der Waals surface area contributed by atoms with Gasteiger partial charge >= 0.3 is 0 Å². The minimum Gasteiger partial charge on any atom is -0.354 e. The minimum absolute atomic E-state index is 0.603. The zero-order valence-corrected chi connectivity index (χ0v) is 9.19. The summed E-state index contributed by atoms with van der Waals surface area (Å²) in [6.45, 7) is 5.34. The molecule has 0 bridgehead atoms. The summed E-state index contributed by atoms with van der Waals surface area (Å²) in [5.41, 5.74) is 0. The average molecular weight is 206 g/mol. The van der Waals surface area contributed by atoms with E-state index in [1.807, 2.05) is 12.1 Å². The SMILES string of the molecule is CCNC1CCCN(c2cccnn2)C1. The fraction of sp³-hybridized carbons (Fsp3) is 0.636. The number of hydrogen-bond donors (Lipinski definition) is 1. The Morgan fingerprint density at radius 3 is 3.27 bits per heavy atom. The van der Waals surface area contributed by atoms with E-state index in [0.717, 1.165) is 25.5 Å². The monoisotopic (exact) mass is 206 g/mol. The Hall–Kier alpha value is -1.16. The molecule has 82 valence electrons. The maximum absolute atomic E-state index is 4.15. The Morgan fingerprint density at radius 1 is 1.60 bits per heavy atom. The van der Waals surface area contributed by atoms with Gasteiger partial charge in [0.25, 0.3) is 0 Å². The van der Waals surface area contributed by atoms with Crippen LogP contribution >= 0.6 is 0 Å². The van der Waals surface area contributed by atoms with E-state index >= 15 is 0 Å². The van der Waals surface area contributed by atoms with Crippen molar-refractivity contribution < 1.29 is 0 Å². The molecule has 2 rings (SSSR count). The number of piperidine rings is 1. The number of nitrogens with one attached hydrogen (secondary N) is 1. The zero-order valence-electron chi connectivity index (χ0n) is 9.19. The molecule has 1 aliphatic rings. The van der Waals surface area contributed by atoms with E-state index in [2.05, 4.69) is 27.3 Å². The van der Waals surface area contributed by atoms with E-state index in [-0.39, 0.29) is 0 Å². The van der Waals surface area contributed by atoms with Crippen molar-refractivity contribution in [3.63, 3.8) is 0 Å². The summed E-state index contributed by atoms with van der Waals surface area (Å²) in [7, 11) is 0. The van der Waals surface area contributed by atoms with Crippen molar-refractivity contribution in [1.29, 1.82) is 0 Å². The number of aromatic nitrogens is 2. The Kier molecular flexibility index (Phi) is 3.50. The van der Waals surface area contributed by atoms with Crippen LogP contribution in [0.15, 0.2) is 18.3 Å². The summed E-state index contributed by atoms with van der Waals surface area (Å²) in [5, 5.41) is 11.6. The molecule has 1 aromatic rings. The van der Waals surface area contributed by atoms with Crippen molar-refractivity contribution in [2.24, 2.45) is 0 Å². The van der Waals surface area contributed by atoms with Gasteiger partial charge in [-0.05, 0) is 31.5 Å². The zero-order chi connectivity index (χ0) is 10.5. The van der Waals surface area contributed by atoms with Crippen LogP contribution < -0.4 is 10.2 Å². The Morgan fingerprint density at radius 2 is 2.53 bits per heavy atom. The molecule has 0 amide bonds. The predicted octanol–water partition coefficient (Wildman–Crippen LogP) is 1.05. The van der Waals surface area contributed by atoms with Gasteiger partial charge in [-0.2, -0.15) is 5.10 Å². The van der Waals surface area contributed by atoms with Crippen LogP contribution in [0.1, 0.15) is 19.8 Å². The van der Waals surface area contributed by atoms with Gasteiger partial charge in [-0.1, -0.05) is 6.92 Å². The lowest BCUT2D eigenvalue weighted by molar-refractivity contribution is 0.429. The first-order chi connectivity index (χ1) is 7.40. The van der Waals surface area contributed by atoms with E-state index in [4.69, 9.17) is 0 Å². The number of anilines is 1. The second-order valence-corrected chi connectivity index (χ2v) is 3.92. The van der Waals surface area contributed by atoms with Gasteiger partial charge in [0.15, 0.2) is 5.82 Å². The smallest absolute Gasteiger partial charge is 0.151 e. The van der Waals surface area contributed by atoms with Gasteiger partial charge in [-0.3, -0.25) is 0 Å². The van der Waals surface area contributed by atoms with Crippen LogP contribution in [-0.2, 0) is 0 Å². The number of rotatable bonds is 3. The highest BCUT2D eigenvalue weighted by molar-refractivity contribution is 5.37. The van der Waals surface area contributed by atoms with Crippen molar-refractivity contribution >= 4 is 5.82 Å². The topological polar surface area (TPSA) is 41.0 Å². The Labute approximate surface area is 90.7 Å². The van der Waals surface area contributed by atoms with Gasteiger partial charge in [0.05, 0.1) is 0 Å². The van der Waals surface area contributed by atoms with Crippen LogP contribution in [0.25, 0.3) is 0 Å². The average Bonchev–Trinajstić information content (AvgIpc) is 2.31. The summed E-state index contributed by atoms with van der Waals surface area (Å²) in [6, 6.07) is 4.58. The molecule has 0 spiro atoms. The third-order valence-electron chi connectivity index (χ3n) is 2.80. The highest BCUT2D eigenvalue weighted by Crippen LogP contribution is 2.16. The molecule has 2 heterocycles. The quantitative estimate of drug-likeness (QED) is 0.802. The Balaban J connectivity index is 1.98. The molecule has 1 N–H and O–H groups in total. The van der Waals surface area contributed by atoms with Gasteiger partial charge in [0, 0.05) is 25.3 Å². The summed E-state index contributed by atoms with van der Waals surface area (Å²) in [6.07, 6.45) is 4.22. The van der Waals surface area contributed by atoms with Gasteiger partial charge in [-0.25, -0.2) is 0 Å². The summed E-state index contributed by atoms with van der Waals surface area (Å²) >= 11 is 0. The van der Waals surface area contributed by atoms with Crippen molar-refractivity contribution in [1.82, 2.24) is 15.5 Å². The van der Waals surface area contributed by atoms with Crippen LogP contribution in [0.4, 0.5) is 5.82 Å². The van der Waals surface area contributed by atoms with Crippen LogP contribution in [-0.4, -0.2) is 35.9 Å². The Bertz CT molecular complexity index is 286. The van der Waals surface area contributed by atoms with E-state index in [9.17, 15) is 0 Å². The third kappa shape index (κ3) is 2.65. The molecule has 1 aromatic heterocycles. The van der Waals surface area contributed by atoms with Crippen molar-refractivity contribution in [3.05, 3.63) is 18.3 Å². The van der Waals surface area contributed by atoms with E-state index in [1.54, 1.807) is 6.20 Å². The third-order valence-corrected chi connectivity index (χ3v) is 2.80. The highest BCUT2D eigenvalue weighted by Gasteiger charge is 2.19. The molecule has 15 heavy (non-hydrogen) atoms. The van der Waals surface area contributed by atoms with E-state index in [1.165, 1.54) is 12.8 Å². The molecule has 0 saturated carbocycles. The second kappa shape index (κ2) is 5.07. The lowest BCUT2D eigenvalue weighted by Gasteiger charge is -2.33. The fourth-order valence-electron chi connectivity index (χ4n) is 2.10. The van der Waals surface area contributed by atoms with Gasteiger partial charge in [-0.15, -0.1) is 5.10 Å². The number of hydrogen-bond acceptors (Lipinski definition) is 4. The molecule has 1 atom stereocenters. The minimum atomic E-state index is 0.603. The molecule has 0 radical (unpaired) electrons.